The van der Waals surface area contributed by atoms with E-state index in [1.165, 1.54) is 18.4 Å². The van der Waals surface area contributed by atoms with Gasteiger partial charge in [0.25, 0.3) is 0 Å². The first kappa shape index (κ1) is 18.3. The topological polar surface area (TPSA) is 39.7 Å². The number of aromatic nitrogens is 1. The van der Waals surface area contributed by atoms with Crippen molar-refractivity contribution in [3.05, 3.63) is 40.9 Å². The average Bonchev–Trinajstić information content (AvgIpc) is 3.41. The van der Waals surface area contributed by atoms with Gasteiger partial charge in [0, 0.05) is 42.4 Å². The Bertz CT molecular complexity index is 782. The van der Waals surface area contributed by atoms with E-state index in [9.17, 15) is 4.79 Å². The Morgan fingerprint density at radius 3 is 2.59 bits per heavy atom. The van der Waals surface area contributed by atoms with Crippen LogP contribution in [0.25, 0.3) is 0 Å². The maximum Gasteiger partial charge on any atom is 0.325 e. The second-order valence-electron chi connectivity index (χ2n) is 7.69. The zero-order chi connectivity index (χ0) is 18.8. The summed E-state index contributed by atoms with van der Waals surface area (Å²) in [5, 5.41) is 1.09. The van der Waals surface area contributed by atoms with Crippen LogP contribution >= 0.6 is 11.3 Å². The maximum atomic E-state index is 13.3. The monoisotopic (exact) mass is 384 g/mol. The molecule has 144 valence electrons. The number of amides is 2. The first-order chi connectivity index (χ1) is 13.1. The molecule has 2 fully saturated rings. The standard InChI is InChI=1S/C21H28N4OS/c1-16-7-9-18(10-8-16)25(21(26)24-13-5-6-17(24)2)15-19-14-22-20(27-19)23-11-3-4-12-23/h7-10,14,17H,3-6,11-13,15H2,1-2H3/t17-/m1/s1. The highest BCUT2D eigenvalue weighted by Gasteiger charge is 2.30. The first-order valence-corrected chi connectivity index (χ1v) is 10.8. The quantitative estimate of drug-likeness (QED) is 0.769. The number of benzene rings is 1. The Morgan fingerprint density at radius 1 is 1.19 bits per heavy atom. The van der Waals surface area contributed by atoms with Gasteiger partial charge in [0.05, 0.1) is 6.54 Å². The van der Waals surface area contributed by atoms with Crippen LogP contribution in [0.3, 0.4) is 0 Å². The Kier molecular flexibility index (Phi) is 5.34. The third-order valence-electron chi connectivity index (χ3n) is 5.61. The number of thiazole rings is 1. The van der Waals surface area contributed by atoms with E-state index in [0.29, 0.717) is 12.6 Å². The lowest BCUT2D eigenvalue weighted by atomic mass is 10.2. The number of urea groups is 1. The largest absolute Gasteiger partial charge is 0.348 e. The molecular weight excluding hydrogens is 356 g/mol. The Hall–Kier alpha value is -2.08. The predicted octanol–water partition coefficient (Wildman–Crippen LogP) is 4.66. The number of carbonyl (C=O) groups is 1. The lowest BCUT2D eigenvalue weighted by Crippen LogP contribution is -2.44. The van der Waals surface area contributed by atoms with Crippen molar-refractivity contribution in [1.29, 1.82) is 0 Å². The van der Waals surface area contributed by atoms with Gasteiger partial charge < -0.3 is 9.80 Å². The van der Waals surface area contributed by atoms with Crippen LogP contribution in [0.1, 0.15) is 43.0 Å². The van der Waals surface area contributed by atoms with Gasteiger partial charge in [-0.05, 0) is 51.7 Å². The average molecular weight is 385 g/mol. The van der Waals surface area contributed by atoms with Gasteiger partial charge >= 0.3 is 6.03 Å². The number of nitrogens with zero attached hydrogens (tertiary/aromatic N) is 4. The van der Waals surface area contributed by atoms with Gasteiger partial charge in [-0.1, -0.05) is 17.7 Å². The van der Waals surface area contributed by atoms with Crippen LogP contribution in [0.2, 0.25) is 0 Å². The summed E-state index contributed by atoms with van der Waals surface area (Å²) in [4.78, 5) is 25.4. The normalized spacial score (nSPS) is 19.7. The highest BCUT2D eigenvalue weighted by molar-refractivity contribution is 7.15. The second-order valence-corrected chi connectivity index (χ2v) is 8.79. The van der Waals surface area contributed by atoms with E-state index in [4.69, 9.17) is 0 Å². The van der Waals surface area contributed by atoms with E-state index in [-0.39, 0.29) is 6.03 Å². The highest BCUT2D eigenvalue weighted by atomic mass is 32.1. The van der Waals surface area contributed by atoms with Crippen LogP contribution in [0.5, 0.6) is 0 Å². The number of likely N-dealkylation sites (tertiary alicyclic amines) is 1. The van der Waals surface area contributed by atoms with E-state index in [2.05, 4.69) is 48.0 Å². The molecular formula is C21H28N4OS. The molecule has 0 saturated carbocycles. The summed E-state index contributed by atoms with van der Waals surface area (Å²) in [7, 11) is 0. The van der Waals surface area contributed by atoms with Crippen molar-refractivity contribution in [1.82, 2.24) is 9.88 Å². The molecule has 0 radical (unpaired) electrons. The van der Waals surface area contributed by atoms with Gasteiger partial charge in [0.15, 0.2) is 5.13 Å². The van der Waals surface area contributed by atoms with Crippen LogP contribution in [0.4, 0.5) is 15.6 Å². The molecule has 2 aromatic rings. The molecule has 1 aromatic carbocycles. The Balaban J connectivity index is 1.57. The molecule has 0 N–H and O–H groups in total. The number of hydrogen-bond acceptors (Lipinski definition) is 4. The lowest BCUT2D eigenvalue weighted by molar-refractivity contribution is 0.202. The summed E-state index contributed by atoms with van der Waals surface area (Å²) < 4.78 is 0. The second kappa shape index (κ2) is 7.89. The van der Waals surface area contributed by atoms with Crippen LogP contribution in [0.15, 0.2) is 30.5 Å². The molecule has 4 rings (SSSR count). The van der Waals surface area contributed by atoms with E-state index >= 15 is 0 Å². The molecule has 27 heavy (non-hydrogen) atoms. The summed E-state index contributed by atoms with van der Waals surface area (Å²) in [5.41, 5.74) is 2.16. The number of aryl methyl sites for hydroxylation is 1. The lowest BCUT2D eigenvalue weighted by Gasteiger charge is -2.30. The molecule has 2 aliphatic heterocycles. The van der Waals surface area contributed by atoms with Gasteiger partial charge in [-0.15, -0.1) is 11.3 Å². The van der Waals surface area contributed by atoms with Crippen molar-refractivity contribution < 1.29 is 4.79 Å². The minimum Gasteiger partial charge on any atom is -0.348 e. The molecule has 1 aromatic heterocycles. The molecule has 2 aliphatic rings. The fourth-order valence-electron chi connectivity index (χ4n) is 3.95. The molecule has 3 heterocycles. The first-order valence-electron chi connectivity index (χ1n) is 9.96. The summed E-state index contributed by atoms with van der Waals surface area (Å²) in [6.07, 6.45) is 6.62. The van der Waals surface area contributed by atoms with E-state index in [0.717, 1.165) is 48.2 Å². The van der Waals surface area contributed by atoms with Crippen molar-refractivity contribution >= 4 is 28.2 Å². The minimum absolute atomic E-state index is 0.111. The van der Waals surface area contributed by atoms with E-state index in [1.807, 2.05) is 16.0 Å². The third-order valence-corrected chi connectivity index (χ3v) is 6.65. The molecule has 2 amide bonds. The number of carbonyl (C=O) groups excluding carboxylic acids is 1. The molecule has 0 unspecified atom stereocenters. The number of hydrogen-bond donors (Lipinski definition) is 0. The van der Waals surface area contributed by atoms with Crippen LogP contribution in [0, 0.1) is 6.92 Å². The summed E-state index contributed by atoms with van der Waals surface area (Å²) in [5.74, 6) is 0. The Labute approximate surface area is 165 Å². The smallest absolute Gasteiger partial charge is 0.325 e. The van der Waals surface area contributed by atoms with Crippen LogP contribution in [-0.4, -0.2) is 41.6 Å². The molecule has 6 heteroatoms. The van der Waals surface area contributed by atoms with E-state index in [1.54, 1.807) is 11.3 Å². The number of rotatable bonds is 4. The minimum atomic E-state index is 0.111. The van der Waals surface area contributed by atoms with Crippen LogP contribution in [-0.2, 0) is 6.54 Å². The van der Waals surface area contributed by atoms with E-state index < -0.39 is 0 Å². The van der Waals surface area contributed by atoms with Crippen molar-refractivity contribution in [2.24, 2.45) is 0 Å². The highest BCUT2D eigenvalue weighted by Crippen LogP contribution is 2.29. The maximum absolute atomic E-state index is 13.3. The summed E-state index contributed by atoms with van der Waals surface area (Å²) in [6, 6.07) is 8.68. The fraction of sp³-hybridized carbons (Fsp3) is 0.524. The van der Waals surface area contributed by atoms with Gasteiger partial charge in [-0.2, -0.15) is 0 Å². The molecule has 0 bridgehead atoms. The zero-order valence-corrected chi connectivity index (χ0v) is 17.0. The third kappa shape index (κ3) is 3.95. The summed E-state index contributed by atoms with van der Waals surface area (Å²) >= 11 is 1.72. The zero-order valence-electron chi connectivity index (χ0n) is 16.2. The molecule has 1 atom stereocenters. The van der Waals surface area contributed by atoms with Gasteiger partial charge in [0.1, 0.15) is 0 Å². The van der Waals surface area contributed by atoms with Crippen molar-refractivity contribution in [3.8, 4) is 0 Å². The van der Waals surface area contributed by atoms with Crippen molar-refractivity contribution in [2.45, 2.75) is 52.1 Å². The SMILES string of the molecule is Cc1ccc(N(Cc2cnc(N3CCCC3)s2)C(=O)N2CCC[C@H]2C)cc1. The van der Waals surface area contributed by atoms with Crippen molar-refractivity contribution in [3.63, 3.8) is 0 Å². The van der Waals surface area contributed by atoms with Crippen molar-refractivity contribution in [2.75, 3.05) is 29.4 Å². The molecule has 0 aliphatic carbocycles. The molecule has 5 nitrogen and oxygen atoms in total. The van der Waals surface area contributed by atoms with Gasteiger partial charge in [-0.3, -0.25) is 4.90 Å². The molecule has 2 saturated heterocycles. The Morgan fingerprint density at radius 2 is 1.93 bits per heavy atom. The predicted molar refractivity (Wildman–Crippen MR) is 112 cm³/mol. The number of anilines is 2. The van der Waals surface area contributed by atoms with Gasteiger partial charge in [0.2, 0.25) is 0 Å². The van der Waals surface area contributed by atoms with Crippen LogP contribution < -0.4 is 9.80 Å². The summed E-state index contributed by atoms with van der Waals surface area (Å²) in [6.45, 7) is 7.85. The van der Waals surface area contributed by atoms with Gasteiger partial charge in [-0.25, -0.2) is 9.78 Å². The fourth-order valence-corrected chi connectivity index (χ4v) is 4.90. The molecule has 0 spiro atoms.